The molecule has 0 bridgehead atoms. The van der Waals surface area contributed by atoms with Crippen LogP contribution in [0.2, 0.25) is 0 Å². The number of hydrogen-bond donors (Lipinski definition) is 1. The predicted molar refractivity (Wildman–Crippen MR) is 99.0 cm³/mol. The summed E-state index contributed by atoms with van der Waals surface area (Å²) in [6.07, 6.45) is 2.58. The lowest BCUT2D eigenvalue weighted by molar-refractivity contribution is 0.194. The van der Waals surface area contributed by atoms with E-state index in [1.54, 1.807) is 18.2 Å². The molecule has 0 radical (unpaired) electrons. The third-order valence-corrected chi connectivity index (χ3v) is 4.21. The molecule has 6 heteroatoms. The number of benzene rings is 1. The zero-order chi connectivity index (χ0) is 17.5. The maximum Gasteiger partial charge on any atom is 0.322 e. The van der Waals surface area contributed by atoms with Crippen LogP contribution in [0.5, 0.6) is 0 Å². The van der Waals surface area contributed by atoms with Gasteiger partial charge in [0, 0.05) is 46.1 Å². The summed E-state index contributed by atoms with van der Waals surface area (Å²) in [5, 5.41) is 2.95. The van der Waals surface area contributed by atoms with Gasteiger partial charge in [0.1, 0.15) is 0 Å². The van der Waals surface area contributed by atoms with Gasteiger partial charge in [-0.15, -0.1) is 0 Å². The molecule has 0 fully saturated rings. The molecular formula is C19H24N4O2. The Labute approximate surface area is 148 Å². The number of ether oxygens (including phenoxy) is 1. The molecule has 0 spiro atoms. The minimum atomic E-state index is -0.0790. The van der Waals surface area contributed by atoms with E-state index in [0.717, 1.165) is 31.0 Å². The SMILES string of the molecule is COCCCNC(=O)N1CCN(Cc2ccccc2)c2ncccc21. The molecule has 3 rings (SSSR count). The maximum atomic E-state index is 12.5. The fraction of sp³-hybridized carbons (Fsp3) is 0.368. The van der Waals surface area contributed by atoms with E-state index in [9.17, 15) is 4.79 Å². The Balaban J connectivity index is 1.71. The Morgan fingerprint density at radius 1 is 1.20 bits per heavy atom. The molecular weight excluding hydrogens is 316 g/mol. The van der Waals surface area contributed by atoms with Crippen LogP contribution in [-0.4, -0.2) is 44.4 Å². The van der Waals surface area contributed by atoms with Gasteiger partial charge in [0.2, 0.25) is 0 Å². The first-order chi connectivity index (χ1) is 12.3. The quantitative estimate of drug-likeness (QED) is 0.822. The number of hydrogen-bond acceptors (Lipinski definition) is 4. The van der Waals surface area contributed by atoms with Crippen LogP contribution in [0.25, 0.3) is 0 Å². The summed E-state index contributed by atoms with van der Waals surface area (Å²) in [4.78, 5) is 21.0. The number of carbonyl (C=O) groups excluding carboxylic acids is 1. The standard InChI is InChI=1S/C19H24N4O2/c1-25-14-6-11-21-19(24)23-13-12-22(15-16-7-3-2-4-8-16)18-17(23)9-5-10-20-18/h2-5,7-10H,6,11-15H2,1H3,(H,21,24). The monoisotopic (exact) mass is 340 g/mol. The highest BCUT2D eigenvalue weighted by molar-refractivity contribution is 5.96. The summed E-state index contributed by atoms with van der Waals surface area (Å²) in [7, 11) is 1.66. The van der Waals surface area contributed by atoms with Gasteiger partial charge in [-0.1, -0.05) is 30.3 Å². The molecule has 6 nitrogen and oxygen atoms in total. The van der Waals surface area contributed by atoms with Gasteiger partial charge in [0.05, 0.1) is 5.69 Å². The molecule has 0 aliphatic carbocycles. The van der Waals surface area contributed by atoms with Crippen molar-refractivity contribution >= 4 is 17.5 Å². The molecule has 2 aromatic rings. The highest BCUT2D eigenvalue weighted by atomic mass is 16.5. The summed E-state index contributed by atoms with van der Waals surface area (Å²) in [5.41, 5.74) is 2.09. The molecule has 1 N–H and O–H groups in total. The van der Waals surface area contributed by atoms with E-state index in [1.807, 2.05) is 30.3 Å². The molecule has 2 amide bonds. The second kappa shape index (κ2) is 8.48. The molecule has 0 saturated heterocycles. The van der Waals surface area contributed by atoms with E-state index in [2.05, 4.69) is 27.3 Å². The molecule has 132 valence electrons. The van der Waals surface area contributed by atoms with Gasteiger partial charge in [0.25, 0.3) is 0 Å². The van der Waals surface area contributed by atoms with Crippen molar-refractivity contribution in [3.05, 3.63) is 54.2 Å². The number of nitrogens with one attached hydrogen (secondary N) is 1. The smallest absolute Gasteiger partial charge is 0.322 e. The van der Waals surface area contributed by atoms with Gasteiger partial charge in [0.15, 0.2) is 5.82 Å². The molecule has 1 aromatic carbocycles. The van der Waals surface area contributed by atoms with Gasteiger partial charge < -0.3 is 15.0 Å². The van der Waals surface area contributed by atoms with Gasteiger partial charge in [-0.3, -0.25) is 4.90 Å². The van der Waals surface area contributed by atoms with Crippen LogP contribution in [0.15, 0.2) is 48.7 Å². The Hall–Kier alpha value is -2.60. The van der Waals surface area contributed by atoms with Crippen molar-refractivity contribution in [2.24, 2.45) is 0 Å². The number of amides is 2. The van der Waals surface area contributed by atoms with Crippen molar-refractivity contribution in [1.29, 1.82) is 0 Å². The summed E-state index contributed by atoms with van der Waals surface area (Å²) in [6, 6.07) is 14.1. The third kappa shape index (κ3) is 4.28. The van der Waals surface area contributed by atoms with E-state index in [0.29, 0.717) is 19.7 Å². The van der Waals surface area contributed by atoms with E-state index in [4.69, 9.17) is 4.74 Å². The minimum Gasteiger partial charge on any atom is -0.385 e. The average molecular weight is 340 g/mol. The lowest BCUT2D eigenvalue weighted by Crippen LogP contribution is -2.48. The molecule has 0 unspecified atom stereocenters. The van der Waals surface area contributed by atoms with Crippen molar-refractivity contribution in [1.82, 2.24) is 10.3 Å². The van der Waals surface area contributed by atoms with E-state index in [-0.39, 0.29) is 6.03 Å². The first-order valence-electron chi connectivity index (χ1n) is 8.58. The van der Waals surface area contributed by atoms with Gasteiger partial charge in [-0.25, -0.2) is 9.78 Å². The van der Waals surface area contributed by atoms with Crippen molar-refractivity contribution in [2.45, 2.75) is 13.0 Å². The lowest BCUT2D eigenvalue weighted by atomic mass is 10.2. The first-order valence-corrected chi connectivity index (χ1v) is 8.58. The molecule has 1 aromatic heterocycles. The predicted octanol–water partition coefficient (Wildman–Crippen LogP) is 2.65. The van der Waals surface area contributed by atoms with Crippen LogP contribution in [0.4, 0.5) is 16.3 Å². The number of carbonyl (C=O) groups is 1. The number of nitrogens with zero attached hydrogens (tertiary/aromatic N) is 3. The summed E-state index contributed by atoms with van der Waals surface area (Å²) >= 11 is 0. The number of aromatic nitrogens is 1. The number of urea groups is 1. The highest BCUT2D eigenvalue weighted by Crippen LogP contribution is 2.31. The van der Waals surface area contributed by atoms with Gasteiger partial charge >= 0.3 is 6.03 Å². The fourth-order valence-electron chi connectivity index (χ4n) is 2.97. The second-order valence-corrected chi connectivity index (χ2v) is 5.98. The largest absolute Gasteiger partial charge is 0.385 e. The van der Waals surface area contributed by atoms with Crippen LogP contribution in [-0.2, 0) is 11.3 Å². The topological polar surface area (TPSA) is 57.7 Å². The number of anilines is 2. The number of rotatable bonds is 6. The van der Waals surface area contributed by atoms with Crippen molar-refractivity contribution in [2.75, 3.05) is 43.2 Å². The average Bonchev–Trinajstić information content (AvgIpc) is 2.66. The first kappa shape index (κ1) is 17.2. The highest BCUT2D eigenvalue weighted by Gasteiger charge is 2.27. The molecule has 0 atom stereocenters. The molecule has 25 heavy (non-hydrogen) atoms. The fourth-order valence-corrected chi connectivity index (χ4v) is 2.97. The number of fused-ring (bicyclic) bond motifs is 1. The third-order valence-electron chi connectivity index (χ3n) is 4.21. The Bertz CT molecular complexity index is 693. The van der Waals surface area contributed by atoms with E-state index in [1.165, 1.54) is 5.56 Å². The molecule has 1 aliphatic heterocycles. The molecule has 0 saturated carbocycles. The zero-order valence-corrected chi connectivity index (χ0v) is 14.5. The van der Waals surface area contributed by atoms with Crippen molar-refractivity contribution in [3.8, 4) is 0 Å². The van der Waals surface area contributed by atoms with Crippen LogP contribution in [0.3, 0.4) is 0 Å². The summed E-state index contributed by atoms with van der Waals surface area (Å²) < 4.78 is 5.01. The van der Waals surface area contributed by atoms with Crippen LogP contribution < -0.4 is 15.1 Å². The van der Waals surface area contributed by atoms with E-state index >= 15 is 0 Å². The number of pyridine rings is 1. The summed E-state index contributed by atoms with van der Waals surface area (Å²) in [6.45, 7) is 3.43. The van der Waals surface area contributed by atoms with Gasteiger partial charge in [-0.2, -0.15) is 0 Å². The Morgan fingerprint density at radius 2 is 2.04 bits per heavy atom. The number of methoxy groups -OCH3 is 1. The van der Waals surface area contributed by atoms with Gasteiger partial charge in [-0.05, 0) is 24.1 Å². The van der Waals surface area contributed by atoms with E-state index < -0.39 is 0 Å². The molecule has 1 aliphatic rings. The Kier molecular flexibility index (Phi) is 5.85. The lowest BCUT2D eigenvalue weighted by Gasteiger charge is -2.36. The minimum absolute atomic E-state index is 0.0790. The van der Waals surface area contributed by atoms with Crippen LogP contribution >= 0.6 is 0 Å². The maximum absolute atomic E-state index is 12.5. The van der Waals surface area contributed by atoms with Crippen molar-refractivity contribution < 1.29 is 9.53 Å². The van der Waals surface area contributed by atoms with Crippen molar-refractivity contribution in [3.63, 3.8) is 0 Å². The Morgan fingerprint density at radius 3 is 2.84 bits per heavy atom. The second-order valence-electron chi connectivity index (χ2n) is 5.98. The zero-order valence-electron chi connectivity index (χ0n) is 14.5. The normalized spacial score (nSPS) is 13.5. The summed E-state index contributed by atoms with van der Waals surface area (Å²) in [5.74, 6) is 0.852. The molecule has 2 heterocycles. The van der Waals surface area contributed by atoms with Crippen LogP contribution in [0.1, 0.15) is 12.0 Å². The van der Waals surface area contributed by atoms with Crippen LogP contribution in [0, 0.1) is 0 Å².